The van der Waals surface area contributed by atoms with Gasteiger partial charge in [0.2, 0.25) is 0 Å². The van der Waals surface area contributed by atoms with Crippen molar-refractivity contribution in [2.45, 2.75) is 69.2 Å². The second-order valence-electron chi connectivity index (χ2n) is 9.54. The summed E-state index contributed by atoms with van der Waals surface area (Å²) < 4.78 is 34.1. The van der Waals surface area contributed by atoms with Gasteiger partial charge >= 0.3 is 0 Å². The molecule has 2 fully saturated rings. The highest BCUT2D eigenvalue weighted by Crippen LogP contribution is 2.36. The van der Waals surface area contributed by atoms with Gasteiger partial charge in [0.15, 0.2) is 0 Å². The number of rotatable bonds is 10. The maximum absolute atomic E-state index is 14.6. The zero-order valence-corrected chi connectivity index (χ0v) is 19.3. The van der Waals surface area contributed by atoms with Crippen LogP contribution in [0.5, 0.6) is 0 Å². The summed E-state index contributed by atoms with van der Waals surface area (Å²) in [5, 5.41) is 20.0. The van der Waals surface area contributed by atoms with Gasteiger partial charge in [0.1, 0.15) is 17.5 Å². The average molecular weight is 461 g/mol. The normalized spacial score (nSPS) is 22.6. The lowest BCUT2D eigenvalue weighted by Crippen LogP contribution is -2.42. The van der Waals surface area contributed by atoms with Crippen molar-refractivity contribution in [2.75, 3.05) is 30.9 Å². The first-order valence-corrected chi connectivity index (χ1v) is 11.8. The van der Waals surface area contributed by atoms with E-state index in [1.54, 1.807) is 25.3 Å². The number of methoxy groups -OCH3 is 1. The highest BCUT2D eigenvalue weighted by molar-refractivity contribution is 5.71. The number of anilines is 2. The molecule has 8 heteroatoms. The summed E-state index contributed by atoms with van der Waals surface area (Å²) in [4.78, 5) is 4.23. The predicted molar refractivity (Wildman–Crippen MR) is 126 cm³/mol. The lowest BCUT2D eigenvalue weighted by molar-refractivity contribution is 0.161. The molecule has 1 aromatic heterocycles. The number of nitrogens with zero attached hydrogens (tertiary/aromatic N) is 1. The van der Waals surface area contributed by atoms with Crippen LogP contribution in [0.3, 0.4) is 0 Å². The molecule has 4 N–H and O–H groups in total. The Hall–Kier alpha value is -2.29. The van der Waals surface area contributed by atoms with Crippen molar-refractivity contribution in [3.8, 4) is 11.1 Å². The third kappa shape index (κ3) is 6.40. The summed E-state index contributed by atoms with van der Waals surface area (Å²) in [6, 6.07) is 7.23. The van der Waals surface area contributed by atoms with E-state index in [1.165, 1.54) is 12.3 Å². The molecular formula is C25H34F2N4O2. The third-order valence-electron chi connectivity index (χ3n) is 6.58. The summed E-state index contributed by atoms with van der Waals surface area (Å²) in [6.45, 7) is 3.10. The number of hydrogen-bond donors (Lipinski definition) is 4. The van der Waals surface area contributed by atoms with Crippen molar-refractivity contribution in [2.24, 2.45) is 0 Å². The fourth-order valence-corrected chi connectivity index (χ4v) is 4.46. The van der Waals surface area contributed by atoms with E-state index in [4.69, 9.17) is 4.74 Å². The van der Waals surface area contributed by atoms with Gasteiger partial charge in [0.05, 0.1) is 24.1 Å². The van der Waals surface area contributed by atoms with Crippen LogP contribution in [0.25, 0.3) is 11.1 Å². The number of halogens is 2. The largest absolute Gasteiger partial charge is 0.388 e. The summed E-state index contributed by atoms with van der Waals surface area (Å²) >= 11 is 0. The van der Waals surface area contributed by atoms with Gasteiger partial charge in [0.25, 0.3) is 0 Å². The second kappa shape index (κ2) is 10.3. The first-order chi connectivity index (χ1) is 15.8. The molecule has 2 aromatic rings. The minimum atomic E-state index is -0.752. The lowest BCUT2D eigenvalue weighted by atomic mass is 9.90. The van der Waals surface area contributed by atoms with Gasteiger partial charge in [-0.05, 0) is 69.2 Å². The standard InChI is InChI=1S/C25H34F2N4O2/c1-16(14-33-2)30-18-4-6-19(7-5-18)31-24-12-20(22(27)13-28-24)17-3-8-21(26)23(11-17)29-15-25(32)9-10-25/h3,8,11-13,16,18-19,29-30,32H,4-7,9-10,14-15H2,1-2H3,(H,28,31)/t16-,18-,19-/m0/s1. The first-order valence-electron chi connectivity index (χ1n) is 11.8. The summed E-state index contributed by atoms with van der Waals surface area (Å²) in [5.41, 5.74) is 0.429. The molecule has 180 valence electrons. The fourth-order valence-electron chi connectivity index (χ4n) is 4.46. The minimum Gasteiger partial charge on any atom is -0.388 e. The van der Waals surface area contributed by atoms with Crippen molar-refractivity contribution in [1.82, 2.24) is 10.3 Å². The first kappa shape index (κ1) is 23.9. The van der Waals surface area contributed by atoms with Gasteiger partial charge in [-0.3, -0.25) is 0 Å². The van der Waals surface area contributed by atoms with Gasteiger partial charge in [-0.1, -0.05) is 6.07 Å². The van der Waals surface area contributed by atoms with Crippen LogP contribution in [0.2, 0.25) is 0 Å². The zero-order valence-electron chi connectivity index (χ0n) is 19.3. The molecule has 33 heavy (non-hydrogen) atoms. The number of hydrogen-bond acceptors (Lipinski definition) is 6. The molecule has 0 aliphatic heterocycles. The van der Waals surface area contributed by atoms with Crippen LogP contribution < -0.4 is 16.0 Å². The molecule has 4 rings (SSSR count). The highest BCUT2D eigenvalue weighted by Gasteiger charge is 2.40. The number of benzene rings is 1. The van der Waals surface area contributed by atoms with E-state index >= 15 is 0 Å². The quantitative estimate of drug-likeness (QED) is 0.423. The van der Waals surface area contributed by atoms with Crippen molar-refractivity contribution in [3.63, 3.8) is 0 Å². The molecule has 0 bridgehead atoms. The van der Waals surface area contributed by atoms with Crippen LogP contribution in [0.15, 0.2) is 30.5 Å². The maximum atomic E-state index is 14.6. The van der Waals surface area contributed by atoms with Crippen LogP contribution in [0, 0.1) is 11.6 Å². The SMILES string of the molecule is COC[C@H](C)N[C@H]1CC[C@H](Nc2cc(-c3ccc(F)c(NCC4(O)CC4)c3)c(F)cn2)CC1. The molecule has 0 amide bonds. The number of aromatic nitrogens is 1. The van der Waals surface area contributed by atoms with E-state index in [0.717, 1.165) is 25.7 Å². The van der Waals surface area contributed by atoms with E-state index in [9.17, 15) is 13.9 Å². The van der Waals surface area contributed by atoms with Crippen LogP contribution in [-0.2, 0) is 4.74 Å². The Morgan fingerprint density at radius 1 is 1.12 bits per heavy atom. The Morgan fingerprint density at radius 3 is 2.55 bits per heavy atom. The van der Waals surface area contributed by atoms with Crippen molar-refractivity contribution >= 4 is 11.5 Å². The fraction of sp³-hybridized carbons (Fsp3) is 0.560. The molecule has 0 saturated heterocycles. The Labute approximate surface area is 194 Å². The maximum Gasteiger partial charge on any atom is 0.149 e. The van der Waals surface area contributed by atoms with E-state index in [2.05, 4.69) is 27.9 Å². The van der Waals surface area contributed by atoms with E-state index in [0.29, 0.717) is 48.5 Å². The van der Waals surface area contributed by atoms with E-state index in [1.807, 2.05) is 0 Å². The number of ether oxygens (including phenoxy) is 1. The highest BCUT2D eigenvalue weighted by atomic mass is 19.1. The Morgan fingerprint density at radius 2 is 1.85 bits per heavy atom. The number of aliphatic hydroxyl groups is 1. The van der Waals surface area contributed by atoms with Gasteiger partial charge in [0, 0.05) is 37.3 Å². The zero-order chi connectivity index (χ0) is 23.4. The van der Waals surface area contributed by atoms with Crippen molar-refractivity contribution in [1.29, 1.82) is 0 Å². The Kier molecular flexibility index (Phi) is 7.46. The number of pyridine rings is 1. The van der Waals surface area contributed by atoms with Crippen LogP contribution in [0.4, 0.5) is 20.3 Å². The molecule has 1 aromatic carbocycles. The molecular weight excluding hydrogens is 426 g/mol. The molecule has 2 aliphatic carbocycles. The molecule has 0 unspecified atom stereocenters. The summed E-state index contributed by atoms with van der Waals surface area (Å²) in [6.07, 6.45) is 6.73. The van der Waals surface area contributed by atoms with Crippen LogP contribution in [0.1, 0.15) is 45.4 Å². The lowest BCUT2D eigenvalue weighted by Gasteiger charge is -2.31. The molecule has 6 nitrogen and oxygen atoms in total. The number of nitrogens with one attached hydrogen (secondary N) is 3. The second-order valence-corrected chi connectivity index (χ2v) is 9.54. The summed E-state index contributed by atoms with van der Waals surface area (Å²) in [5.74, 6) is -0.276. The van der Waals surface area contributed by atoms with Crippen molar-refractivity contribution in [3.05, 3.63) is 42.1 Å². The third-order valence-corrected chi connectivity index (χ3v) is 6.58. The van der Waals surface area contributed by atoms with E-state index in [-0.39, 0.29) is 18.3 Å². The average Bonchev–Trinajstić information content (AvgIpc) is 3.53. The summed E-state index contributed by atoms with van der Waals surface area (Å²) in [7, 11) is 1.71. The molecule has 0 spiro atoms. The van der Waals surface area contributed by atoms with Crippen LogP contribution in [-0.4, -0.2) is 54.1 Å². The monoisotopic (exact) mass is 460 g/mol. The molecule has 0 radical (unpaired) electrons. The van der Waals surface area contributed by atoms with Gasteiger partial charge in [-0.25, -0.2) is 13.8 Å². The van der Waals surface area contributed by atoms with E-state index < -0.39 is 17.2 Å². The molecule has 1 heterocycles. The molecule has 2 saturated carbocycles. The minimum absolute atomic E-state index is 0.257. The Bertz CT molecular complexity index is 946. The van der Waals surface area contributed by atoms with Gasteiger partial charge < -0.3 is 25.8 Å². The van der Waals surface area contributed by atoms with Crippen LogP contribution >= 0.6 is 0 Å². The Balaban J connectivity index is 1.39. The van der Waals surface area contributed by atoms with Gasteiger partial charge in [-0.2, -0.15) is 0 Å². The van der Waals surface area contributed by atoms with Gasteiger partial charge in [-0.15, -0.1) is 0 Å². The topological polar surface area (TPSA) is 78.4 Å². The molecule has 1 atom stereocenters. The predicted octanol–water partition coefficient (Wildman–Crippen LogP) is 4.31. The smallest absolute Gasteiger partial charge is 0.149 e. The molecule has 2 aliphatic rings. The van der Waals surface area contributed by atoms with Crippen molar-refractivity contribution < 1.29 is 18.6 Å².